The van der Waals surface area contributed by atoms with Gasteiger partial charge in [-0.2, -0.15) is 0 Å². The maximum atomic E-state index is 11.5. The Kier molecular flexibility index (Phi) is 7.56. The summed E-state index contributed by atoms with van der Waals surface area (Å²) in [5, 5.41) is 20.3. The molecule has 3 aliphatic rings. The molecular formula is C19H28AcO4. The number of aliphatic hydroxyl groups excluding tert-OH is 2. The summed E-state index contributed by atoms with van der Waals surface area (Å²) in [5.74, 6) is 1.09. The van der Waals surface area contributed by atoms with Crippen LogP contribution < -0.4 is 0 Å². The maximum absolute atomic E-state index is 11.5. The van der Waals surface area contributed by atoms with Crippen LogP contribution in [0.2, 0.25) is 0 Å². The van der Waals surface area contributed by atoms with Crippen LogP contribution in [0.1, 0.15) is 46.0 Å². The van der Waals surface area contributed by atoms with E-state index in [1.165, 1.54) is 5.57 Å². The van der Waals surface area contributed by atoms with Crippen LogP contribution in [0.25, 0.3) is 0 Å². The quantitative estimate of drug-likeness (QED) is 0.534. The van der Waals surface area contributed by atoms with Crippen molar-refractivity contribution >= 4 is 5.97 Å². The average Bonchev–Trinajstić information content (AvgIpc) is 2.45. The van der Waals surface area contributed by atoms with E-state index in [0.29, 0.717) is 24.2 Å². The minimum absolute atomic E-state index is 0. The normalized spacial score (nSPS) is 41.8. The fraction of sp³-hybridized carbons (Fsp3) is 0.737. The molecule has 0 saturated carbocycles. The summed E-state index contributed by atoms with van der Waals surface area (Å²) in [6.45, 7) is 4.35. The van der Waals surface area contributed by atoms with Gasteiger partial charge in [0.05, 0.1) is 18.6 Å². The van der Waals surface area contributed by atoms with Gasteiger partial charge in [0, 0.05) is 56.4 Å². The molecule has 0 aromatic carbocycles. The van der Waals surface area contributed by atoms with E-state index < -0.39 is 6.10 Å². The van der Waals surface area contributed by atoms with E-state index in [1.54, 1.807) is 0 Å². The number of allylic oxidation sites excluding steroid dienone is 3. The van der Waals surface area contributed by atoms with Crippen molar-refractivity contribution in [1.82, 2.24) is 0 Å². The molecule has 7 atom stereocenters. The molecule has 2 aliphatic carbocycles. The van der Waals surface area contributed by atoms with E-state index in [2.05, 4.69) is 32.1 Å². The molecule has 1 fully saturated rings. The number of carbonyl (C=O) groups excluding carboxylic acids is 1. The van der Waals surface area contributed by atoms with Crippen LogP contribution in [0.15, 0.2) is 23.8 Å². The summed E-state index contributed by atoms with van der Waals surface area (Å²) in [6.07, 6.45) is 8.80. The van der Waals surface area contributed by atoms with Gasteiger partial charge in [0.2, 0.25) is 0 Å². The fourth-order valence-electron chi connectivity index (χ4n) is 4.55. The number of esters is 1. The second-order valence-electron chi connectivity index (χ2n) is 7.64. The first-order valence-electron chi connectivity index (χ1n) is 8.89. The molecule has 3 rings (SSSR count). The Morgan fingerprint density at radius 1 is 1.21 bits per heavy atom. The van der Waals surface area contributed by atoms with Crippen molar-refractivity contribution in [2.24, 2.45) is 23.7 Å². The van der Waals surface area contributed by atoms with E-state index in [-0.39, 0.29) is 74.6 Å². The van der Waals surface area contributed by atoms with Crippen LogP contribution in [-0.2, 0) is 9.53 Å². The number of rotatable bonds is 3. The molecule has 1 aliphatic heterocycles. The van der Waals surface area contributed by atoms with Crippen LogP contribution >= 0.6 is 0 Å². The third-order valence-electron chi connectivity index (χ3n) is 5.68. The molecular weight excluding hydrogens is 519 g/mol. The van der Waals surface area contributed by atoms with E-state index in [9.17, 15) is 15.0 Å². The molecule has 5 heteroatoms. The van der Waals surface area contributed by atoms with Crippen molar-refractivity contribution in [2.45, 2.75) is 64.3 Å². The number of ether oxygens (including phenoxy) is 1. The zero-order chi connectivity index (χ0) is 16.6. The molecule has 1 radical (unpaired) electrons. The van der Waals surface area contributed by atoms with Crippen LogP contribution in [-0.4, -0.2) is 34.5 Å². The summed E-state index contributed by atoms with van der Waals surface area (Å²) in [4.78, 5) is 11.5. The zero-order valence-electron chi connectivity index (χ0n) is 14.6. The maximum Gasteiger partial charge on any atom is 0.308 e. The van der Waals surface area contributed by atoms with Gasteiger partial charge in [0.25, 0.3) is 0 Å². The standard InChI is InChI=1S/C19H28O4.Ac/c1-11-7-13-4-3-12(2)16(19(13)17(21)8-11)6-5-15-9-14(20)10-18(22)23-15;/h3-4,7,11-12,14-17,19-21H,5-6,8-10H2,1-2H3;. The fourth-order valence-corrected chi connectivity index (χ4v) is 4.55. The van der Waals surface area contributed by atoms with Crippen molar-refractivity contribution in [3.05, 3.63) is 23.8 Å². The first-order valence-corrected chi connectivity index (χ1v) is 8.89. The monoisotopic (exact) mass is 547 g/mol. The van der Waals surface area contributed by atoms with Gasteiger partial charge in [-0.15, -0.1) is 0 Å². The number of aliphatic hydroxyl groups is 2. The minimum Gasteiger partial charge on any atom is -0.462 e. The summed E-state index contributed by atoms with van der Waals surface area (Å²) < 4.78 is 5.37. The van der Waals surface area contributed by atoms with Crippen molar-refractivity contribution in [2.75, 3.05) is 0 Å². The second kappa shape index (κ2) is 8.80. The smallest absolute Gasteiger partial charge is 0.308 e. The molecule has 2 N–H and O–H groups in total. The number of fused-ring (bicyclic) bond motifs is 1. The molecule has 1 saturated heterocycles. The van der Waals surface area contributed by atoms with Gasteiger partial charge in [0.15, 0.2) is 0 Å². The van der Waals surface area contributed by atoms with E-state index >= 15 is 0 Å². The Labute approximate surface area is 180 Å². The third kappa shape index (κ3) is 4.72. The predicted octanol–water partition coefficient (Wildman–Crippen LogP) is 2.60. The van der Waals surface area contributed by atoms with E-state index in [1.807, 2.05) is 0 Å². The molecule has 1 heterocycles. The van der Waals surface area contributed by atoms with Gasteiger partial charge in [-0.05, 0) is 42.6 Å². The molecule has 0 spiro atoms. The van der Waals surface area contributed by atoms with Gasteiger partial charge < -0.3 is 14.9 Å². The molecule has 7 unspecified atom stereocenters. The first-order chi connectivity index (χ1) is 10.9. The summed E-state index contributed by atoms with van der Waals surface area (Å²) in [7, 11) is 0. The van der Waals surface area contributed by atoms with Gasteiger partial charge in [-0.3, -0.25) is 4.79 Å². The predicted molar refractivity (Wildman–Crippen MR) is 87.5 cm³/mol. The van der Waals surface area contributed by atoms with Gasteiger partial charge >= 0.3 is 5.97 Å². The first kappa shape index (κ1) is 20.6. The number of hydrogen-bond acceptors (Lipinski definition) is 4. The molecule has 0 aromatic heterocycles. The largest absolute Gasteiger partial charge is 0.462 e. The Hall–Kier alpha value is 0.312. The van der Waals surface area contributed by atoms with Gasteiger partial charge in [-0.1, -0.05) is 32.1 Å². The SMILES string of the molecule is CC1C=C2C=CC(C)C(CCC3CC(O)CC(=O)O3)C2C(O)C1.[Ac]. The topological polar surface area (TPSA) is 66.8 Å². The Morgan fingerprint density at radius 2 is 1.96 bits per heavy atom. The van der Waals surface area contributed by atoms with Crippen LogP contribution in [0.3, 0.4) is 0 Å². The molecule has 0 bridgehead atoms. The third-order valence-corrected chi connectivity index (χ3v) is 5.68. The minimum atomic E-state index is -0.568. The molecule has 24 heavy (non-hydrogen) atoms. The molecule has 4 nitrogen and oxygen atoms in total. The van der Waals surface area contributed by atoms with Crippen molar-refractivity contribution in [3.8, 4) is 0 Å². The van der Waals surface area contributed by atoms with E-state index in [0.717, 1.165) is 19.3 Å². The number of carbonyl (C=O) groups is 1. The van der Waals surface area contributed by atoms with Crippen LogP contribution in [0.4, 0.5) is 0 Å². The van der Waals surface area contributed by atoms with Crippen molar-refractivity contribution in [1.29, 1.82) is 0 Å². The van der Waals surface area contributed by atoms with Crippen molar-refractivity contribution < 1.29 is 63.8 Å². The average molecular weight is 547 g/mol. The number of hydrogen-bond donors (Lipinski definition) is 2. The van der Waals surface area contributed by atoms with Gasteiger partial charge in [-0.25, -0.2) is 0 Å². The Morgan fingerprint density at radius 3 is 2.67 bits per heavy atom. The van der Waals surface area contributed by atoms with Crippen LogP contribution in [0, 0.1) is 67.7 Å². The van der Waals surface area contributed by atoms with Crippen molar-refractivity contribution in [3.63, 3.8) is 0 Å². The van der Waals surface area contributed by atoms with Gasteiger partial charge in [0.1, 0.15) is 6.10 Å². The molecule has 131 valence electrons. The number of cyclic esters (lactones) is 1. The summed E-state index contributed by atoms with van der Waals surface area (Å²) in [6, 6.07) is 0. The second-order valence-corrected chi connectivity index (χ2v) is 7.64. The molecule has 0 aromatic rings. The van der Waals surface area contributed by atoms with Crippen LogP contribution in [0.5, 0.6) is 0 Å². The Bertz CT molecular complexity index is 515. The molecule has 0 amide bonds. The Balaban J connectivity index is 0.00000208. The zero-order valence-corrected chi connectivity index (χ0v) is 19.3. The van der Waals surface area contributed by atoms with E-state index in [4.69, 9.17) is 4.74 Å². The summed E-state index contributed by atoms with van der Waals surface area (Å²) in [5.41, 5.74) is 1.26. The summed E-state index contributed by atoms with van der Waals surface area (Å²) >= 11 is 0.